The monoisotopic (exact) mass is 215 g/mol. The van der Waals surface area contributed by atoms with E-state index >= 15 is 0 Å². The molecular formula is C11H21NO3. The van der Waals surface area contributed by atoms with Crippen LogP contribution in [0.25, 0.3) is 0 Å². The third kappa shape index (κ3) is 3.47. The van der Waals surface area contributed by atoms with Crippen molar-refractivity contribution in [2.75, 3.05) is 7.11 Å². The number of carbonyl (C=O) groups excluding carboxylic acids is 1. The summed E-state index contributed by atoms with van der Waals surface area (Å²) in [4.78, 5) is 11.1. The van der Waals surface area contributed by atoms with E-state index in [1.54, 1.807) is 0 Å². The highest BCUT2D eigenvalue weighted by Crippen LogP contribution is 2.35. The van der Waals surface area contributed by atoms with E-state index in [4.69, 9.17) is 10.5 Å². The van der Waals surface area contributed by atoms with Gasteiger partial charge in [-0.1, -0.05) is 0 Å². The molecule has 0 radical (unpaired) electrons. The highest BCUT2D eigenvalue weighted by molar-refractivity contribution is 5.69. The highest BCUT2D eigenvalue weighted by Gasteiger charge is 2.42. The molecule has 0 aromatic rings. The van der Waals surface area contributed by atoms with Crippen LogP contribution in [0.3, 0.4) is 0 Å². The summed E-state index contributed by atoms with van der Waals surface area (Å²) >= 11 is 0. The Hall–Kier alpha value is -0.610. The first-order chi connectivity index (χ1) is 6.83. The quantitative estimate of drug-likeness (QED) is 0.716. The van der Waals surface area contributed by atoms with Crippen LogP contribution in [0.2, 0.25) is 0 Å². The minimum Gasteiger partial charge on any atom is -0.469 e. The molecule has 0 aliphatic heterocycles. The van der Waals surface area contributed by atoms with Crippen molar-refractivity contribution in [3.8, 4) is 0 Å². The van der Waals surface area contributed by atoms with Crippen molar-refractivity contribution < 1.29 is 14.3 Å². The summed E-state index contributed by atoms with van der Waals surface area (Å²) in [6.07, 6.45) is 1.29. The lowest BCUT2D eigenvalue weighted by Crippen LogP contribution is -2.55. The fourth-order valence-electron chi connectivity index (χ4n) is 1.85. The standard InChI is InChI=1S/C11H21NO3/c1-11(2,3)15-9-6-8(12)7(9)5-10(13)14-4/h7-9H,5-6,12H2,1-4H3/t7-,8+,9-/m0/s1. The zero-order valence-electron chi connectivity index (χ0n) is 9.95. The molecule has 1 aliphatic carbocycles. The van der Waals surface area contributed by atoms with E-state index in [0.717, 1.165) is 6.42 Å². The predicted molar refractivity (Wildman–Crippen MR) is 57.3 cm³/mol. The van der Waals surface area contributed by atoms with Crippen LogP contribution in [0.15, 0.2) is 0 Å². The summed E-state index contributed by atoms with van der Waals surface area (Å²) in [5, 5.41) is 0. The molecule has 0 aromatic heterocycles. The maximum absolute atomic E-state index is 11.1. The van der Waals surface area contributed by atoms with Crippen LogP contribution in [0.5, 0.6) is 0 Å². The fraction of sp³-hybridized carbons (Fsp3) is 0.909. The normalized spacial score (nSPS) is 30.9. The van der Waals surface area contributed by atoms with Gasteiger partial charge in [0.15, 0.2) is 0 Å². The first-order valence-electron chi connectivity index (χ1n) is 5.33. The van der Waals surface area contributed by atoms with Gasteiger partial charge in [-0.3, -0.25) is 4.79 Å². The van der Waals surface area contributed by atoms with E-state index in [-0.39, 0.29) is 29.6 Å². The molecule has 0 bridgehead atoms. The van der Waals surface area contributed by atoms with Crippen LogP contribution in [0.4, 0.5) is 0 Å². The minimum atomic E-state index is -0.211. The largest absolute Gasteiger partial charge is 0.469 e. The van der Waals surface area contributed by atoms with Crippen molar-refractivity contribution >= 4 is 5.97 Å². The number of nitrogens with two attached hydrogens (primary N) is 1. The van der Waals surface area contributed by atoms with Crippen molar-refractivity contribution in [2.45, 2.75) is 51.4 Å². The Morgan fingerprint density at radius 2 is 2.07 bits per heavy atom. The molecule has 0 saturated heterocycles. The number of ether oxygens (including phenoxy) is 2. The van der Waals surface area contributed by atoms with Crippen molar-refractivity contribution in [1.29, 1.82) is 0 Å². The molecule has 1 rings (SSSR count). The van der Waals surface area contributed by atoms with E-state index in [2.05, 4.69) is 4.74 Å². The summed E-state index contributed by atoms with van der Waals surface area (Å²) in [6, 6.07) is 0.0662. The van der Waals surface area contributed by atoms with Gasteiger partial charge >= 0.3 is 5.97 Å². The summed E-state index contributed by atoms with van der Waals surface area (Å²) in [5.74, 6) is -0.102. The average molecular weight is 215 g/mol. The molecule has 3 atom stereocenters. The molecule has 0 spiro atoms. The number of hydrogen-bond acceptors (Lipinski definition) is 4. The number of esters is 1. The van der Waals surface area contributed by atoms with Gasteiger partial charge in [0.05, 0.1) is 25.2 Å². The molecule has 1 fully saturated rings. The first kappa shape index (κ1) is 12.5. The molecule has 15 heavy (non-hydrogen) atoms. The molecule has 2 N–H and O–H groups in total. The Labute approximate surface area is 91.1 Å². The molecule has 0 aromatic carbocycles. The van der Waals surface area contributed by atoms with Crippen LogP contribution >= 0.6 is 0 Å². The van der Waals surface area contributed by atoms with E-state index in [1.807, 2.05) is 20.8 Å². The molecular weight excluding hydrogens is 194 g/mol. The molecule has 0 heterocycles. The van der Waals surface area contributed by atoms with Crippen LogP contribution in [-0.2, 0) is 14.3 Å². The Morgan fingerprint density at radius 1 is 1.47 bits per heavy atom. The molecule has 0 amide bonds. The van der Waals surface area contributed by atoms with Gasteiger partial charge in [-0.25, -0.2) is 0 Å². The third-order valence-corrected chi connectivity index (χ3v) is 2.67. The first-order valence-corrected chi connectivity index (χ1v) is 5.33. The van der Waals surface area contributed by atoms with E-state index in [9.17, 15) is 4.79 Å². The molecule has 88 valence electrons. The number of rotatable bonds is 3. The predicted octanol–water partition coefficient (Wildman–Crippen LogP) is 1.08. The lowest BCUT2D eigenvalue weighted by molar-refractivity contribution is -0.157. The van der Waals surface area contributed by atoms with Gasteiger partial charge in [0.1, 0.15) is 0 Å². The molecule has 4 nitrogen and oxygen atoms in total. The second kappa shape index (κ2) is 4.49. The average Bonchev–Trinajstić information content (AvgIpc) is 2.11. The molecule has 1 aliphatic rings. The van der Waals surface area contributed by atoms with Crippen molar-refractivity contribution in [3.05, 3.63) is 0 Å². The molecule has 0 unspecified atom stereocenters. The van der Waals surface area contributed by atoms with Gasteiger partial charge in [0.2, 0.25) is 0 Å². The summed E-state index contributed by atoms with van der Waals surface area (Å²) in [5.41, 5.74) is 5.67. The van der Waals surface area contributed by atoms with Gasteiger partial charge in [0, 0.05) is 12.0 Å². The Bertz CT molecular complexity index is 234. The van der Waals surface area contributed by atoms with E-state index in [0.29, 0.717) is 6.42 Å². The van der Waals surface area contributed by atoms with Crippen LogP contribution in [-0.4, -0.2) is 30.8 Å². The second-order valence-electron chi connectivity index (χ2n) is 5.11. The van der Waals surface area contributed by atoms with Crippen LogP contribution < -0.4 is 5.73 Å². The van der Waals surface area contributed by atoms with Gasteiger partial charge in [-0.2, -0.15) is 0 Å². The van der Waals surface area contributed by atoms with Crippen LogP contribution in [0.1, 0.15) is 33.6 Å². The number of carbonyl (C=O) groups is 1. The Kier molecular flexibility index (Phi) is 3.73. The zero-order chi connectivity index (χ0) is 11.6. The lowest BCUT2D eigenvalue weighted by Gasteiger charge is -2.44. The SMILES string of the molecule is COC(=O)C[C@H]1[C@H](N)C[C@@H]1OC(C)(C)C. The minimum absolute atomic E-state index is 0.0662. The van der Waals surface area contributed by atoms with Crippen molar-refractivity contribution in [3.63, 3.8) is 0 Å². The second-order valence-corrected chi connectivity index (χ2v) is 5.11. The highest BCUT2D eigenvalue weighted by atomic mass is 16.5. The Balaban J connectivity index is 2.44. The van der Waals surface area contributed by atoms with E-state index < -0.39 is 0 Å². The number of hydrogen-bond donors (Lipinski definition) is 1. The topological polar surface area (TPSA) is 61.5 Å². The van der Waals surface area contributed by atoms with Crippen molar-refractivity contribution in [1.82, 2.24) is 0 Å². The molecule has 1 saturated carbocycles. The number of methoxy groups -OCH3 is 1. The third-order valence-electron chi connectivity index (χ3n) is 2.67. The van der Waals surface area contributed by atoms with Gasteiger partial charge in [-0.15, -0.1) is 0 Å². The maximum atomic E-state index is 11.1. The van der Waals surface area contributed by atoms with Crippen molar-refractivity contribution in [2.24, 2.45) is 11.7 Å². The zero-order valence-corrected chi connectivity index (χ0v) is 9.95. The van der Waals surface area contributed by atoms with Gasteiger partial charge < -0.3 is 15.2 Å². The summed E-state index contributed by atoms with van der Waals surface area (Å²) < 4.78 is 10.4. The maximum Gasteiger partial charge on any atom is 0.305 e. The van der Waals surface area contributed by atoms with E-state index in [1.165, 1.54) is 7.11 Å². The smallest absolute Gasteiger partial charge is 0.305 e. The summed E-state index contributed by atoms with van der Waals surface area (Å²) in [6.45, 7) is 6.02. The fourth-order valence-corrected chi connectivity index (χ4v) is 1.85. The van der Waals surface area contributed by atoms with Gasteiger partial charge in [0.25, 0.3) is 0 Å². The van der Waals surface area contributed by atoms with Gasteiger partial charge in [-0.05, 0) is 27.2 Å². The molecule has 4 heteroatoms. The lowest BCUT2D eigenvalue weighted by atomic mass is 9.74. The summed E-state index contributed by atoms with van der Waals surface area (Å²) in [7, 11) is 1.39. The van der Waals surface area contributed by atoms with Crippen LogP contribution in [0, 0.1) is 5.92 Å². The Morgan fingerprint density at radius 3 is 2.47 bits per heavy atom.